The second-order valence-electron chi connectivity index (χ2n) is 4.04. The van der Waals surface area contributed by atoms with Crippen molar-refractivity contribution in [3.63, 3.8) is 0 Å². The lowest BCUT2D eigenvalue weighted by Crippen LogP contribution is -2.39. The van der Waals surface area contributed by atoms with E-state index in [2.05, 4.69) is 5.32 Å². The Bertz CT molecular complexity index is 465. The van der Waals surface area contributed by atoms with Gasteiger partial charge in [0, 0.05) is 0 Å². The second kappa shape index (κ2) is 5.30. The highest BCUT2D eigenvalue weighted by atomic mass is 19.1. The molecule has 1 atom stereocenters. The van der Waals surface area contributed by atoms with E-state index in [0.717, 1.165) is 0 Å². The number of rotatable bonds is 4. The molecule has 3 N–H and O–H groups in total. The van der Waals surface area contributed by atoms with Gasteiger partial charge in [0.05, 0.1) is 5.69 Å². The van der Waals surface area contributed by atoms with Crippen molar-refractivity contribution >= 4 is 11.6 Å². The number of nitrogens with zero attached hydrogens (tertiary/aromatic N) is 1. The highest BCUT2D eigenvalue weighted by Crippen LogP contribution is 2.20. The molecule has 0 aliphatic carbocycles. The molecule has 90 valence electrons. The van der Waals surface area contributed by atoms with Gasteiger partial charge in [0.1, 0.15) is 23.5 Å². The van der Waals surface area contributed by atoms with Crippen LogP contribution in [0.15, 0.2) is 18.2 Å². The van der Waals surface area contributed by atoms with Crippen molar-refractivity contribution in [3.05, 3.63) is 29.6 Å². The van der Waals surface area contributed by atoms with Crippen molar-refractivity contribution in [2.24, 2.45) is 11.7 Å². The van der Waals surface area contributed by atoms with Gasteiger partial charge in [-0.3, -0.25) is 4.79 Å². The highest BCUT2D eigenvalue weighted by Gasteiger charge is 2.21. The minimum Gasteiger partial charge on any atom is -0.372 e. The fourth-order valence-corrected chi connectivity index (χ4v) is 1.49. The average Bonchev–Trinajstić information content (AvgIpc) is 2.25. The monoisotopic (exact) mass is 235 g/mol. The second-order valence-corrected chi connectivity index (χ2v) is 4.04. The van der Waals surface area contributed by atoms with Crippen molar-refractivity contribution in [3.8, 4) is 6.07 Å². The average molecular weight is 235 g/mol. The van der Waals surface area contributed by atoms with Crippen LogP contribution >= 0.6 is 0 Å². The van der Waals surface area contributed by atoms with E-state index in [1.807, 2.05) is 13.8 Å². The minimum atomic E-state index is -0.635. The van der Waals surface area contributed by atoms with Crippen molar-refractivity contribution < 1.29 is 9.18 Å². The number of benzene rings is 1. The van der Waals surface area contributed by atoms with Crippen LogP contribution in [-0.4, -0.2) is 11.9 Å². The zero-order chi connectivity index (χ0) is 13.0. The number of hydrogen-bond donors (Lipinski definition) is 2. The third-order valence-electron chi connectivity index (χ3n) is 2.41. The number of anilines is 1. The standard InChI is InChI=1S/C12H14FN3O/c1-7(2)11(12(15)17)16-10-5-3-4-9(13)8(10)6-14/h3-5,7,11,16H,1-2H3,(H2,15,17)/t11-/m0/s1. The van der Waals surface area contributed by atoms with E-state index in [-0.39, 0.29) is 17.2 Å². The van der Waals surface area contributed by atoms with Crippen molar-refractivity contribution in [1.29, 1.82) is 5.26 Å². The number of hydrogen-bond acceptors (Lipinski definition) is 3. The fourth-order valence-electron chi connectivity index (χ4n) is 1.49. The summed E-state index contributed by atoms with van der Waals surface area (Å²) in [5.41, 5.74) is 5.41. The van der Waals surface area contributed by atoms with Crippen LogP contribution in [0, 0.1) is 23.1 Å². The summed E-state index contributed by atoms with van der Waals surface area (Å²) in [4.78, 5) is 11.2. The summed E-state index contributed by atoms with van der Waals surface area (Å²) in [6.45, 7) is 3.63. The summed E-state index contributed by atoms with van der Waals surface area (Å²) < 4.78 is 13.3. The van der Waals surface area contributed by atoms with Crippen LogP contribution in [0.4, 0.5) is 10.1 Å². The molecule has 17 heavy (non-hydrogen) atoms. The van der Waals surface area contributed by atoms with Crippen molar-refractivity contribution in [2.45, 2.75) is 19.9 Å². The lowest BCUT2D eigenvalue weighted by Gasteiger charge is -2.20. The summed E-state index contributed by atoms with van der Waals surface area (Å²) in [6, 6.07) is 5.33. The lowest BCUT2D eigenvalue weighted by molar-refractivity contribution is -0.119. The molecule has 5 heteroatoms. The van der Waals surface area contributed by atoms with Gasteiger partial charge in [-0.1, -0.05) is 19.9 Å². The molecule has 0 aromatic heterocycles. The number of halogens is 1. The molecular formula is C12H14FN3O. The van der Waals surface area contributed by atoms with Crippen molar-refractivity contribution in [2.75, 3.05) is 5.32 Å². The first-order valence-electron chi connectivity index (χ1n) is 5.21. The fraction of sp³-hybridized carbons (Fsp3) is 0.333. The molecular weight excluding hydrogens is 221 g/mol. The molecule has 0 bridgehead atoms. The van der Waals surface area contributed by atoms with E-state index < -0.39 is 17.8 Å². The molecule has 0 spiro atoms. The molecule has 0 saturated heterocycles. The Hall–Kier alpha value is -2.09. The molecule has 0 unspecified atom stereocenters. The van der Waals surface area contributed by atoms with Crippen LogP contribution in [0.25, 0.3) is 0 Å². The van der Waals surface area contributed by atoms with Gasteiger partial charge in [-0.2, -0.15) is 5.26 Å². The Balaban J connectivity index is 3.06. The van der Waals surface area contributed by atoms with Crippen LogP contribution in [0.3, 0.4) is 0 Å². The number of nitrogens with two attached hydrogens (primary N) is 1. The maximum Gasteiger partial charge on any atom is 0.240 e. The molecule has 1 aromatic rings. The zero-order valence-electron chi connectivity index (χ0n) is 9.70. The largest absolute Gasteiger partial charge is 0.372 e. The lowest BCUT2D eigenvalue weighted by atomic mass is 10.0. The number of primary amides is 1. The van der Waals surface area contributed by atoms with Crippen LogP contribution in [0.1, 0.15) is 19.4 Å². The molecule has 1 amide bonds. The molecule has 0 radical (unpaired) electrons. The predicted molar refractivity (Wildman–Crippen MR) is 62.6 cm³/mol. The maximum absolute atomic E-state index is 13.3. The van der Waals surface area contributed by atoms with E-state index in [1.54, 1.807) is 12.1 Å². The van der Waals surface area contributed by atoms with E-state index in [0.29, 0.717) is 0 Å². The smallest absolute Gasteiger partial charge is 0.240 e. The van der Waals surface area contributed by atoms with E-state index in [9.17, 15) is 9.18 Å². The van der Waals surface area contributed by atoms with Crippen LogP contribution in [0.5, 0.6) is 0 Å². The maximum atomic E-state index is 13.3. The molecule has 1 rings (SSSR count). The molecule has 4 nitrogen and oxygen atoms in total. The van der Waals surface area contributed by atoms with Gasteiger partial charge in [0.15, 0.2) is 0 Å². The first kappa shape index (κ1) is 13.0. The minimum absolute atomic E-state index is 0.0534. The van der Waals surface area contributed by atoms with Crippen LogP contribution < -0.4 is 11.1 Å². The molecule has 1 aromatic carbocycles. The molecule has 0 aliphatic rings. The predicted octanol–water partition coefficient (Wildman–Crippen LogP) is 1.62. The van der Waals surface area contributed by atoms with Gasteiger partial charge in [-0.25, -0.2) is 4.39 Å². The number of carbonyl (C=O) groups is 1. The quantitative estimate of drug-likeness (QED) is 0.832. The van der Waals surface area contributed by atoms with Gasteiger partial charge < -0.3 is 11.1 Å². The number of nitrogens with one attached hydrogen (secondary N) is 1. The Morgan fingerprint density at radius 1 is 1.53 bits per heavy atom. The first-order chi connectivity index (χ1) is 7.97. The van der Waals surface area contributed by atoms with Gasteiger partial charge in [0.25, 0.3) is 0 Å². The third kappa shape index (κ3) is 2.94. The third-order valence-corrected chi connectivity index (χ3v) is 2.41. The normalized spacial score (nSPS) is 11.9. The van der Waals surface area contributed by atoms with Crippen LogP contribution in [0.2, 0.25) is 0 Å². The summed E-state index contributed by atoms with van der Waals surface area (Å²) in [5.74, 6) is -1.21. The number of amides is 1. The number of nitriles is 1. The van der Waals surface area contributed by atoms with Gasteiger partial charge in [-0.05, 0) is 18.1 Å². The van der Waals surface area contributed by atoms with E-state index in [4.69, 9.17) is 11.0 Å². The Kier molecular flexibility index (Phi) is 4.05. The molecule has 0 saturated carbocycles. The zero-order valence-corrected chi connectivity index (χ0v) is 9.70. The van der Waals surface area contributed by atoms with Gasteiger partial charge >= 0.3 is 0 Å². The Labute approximate surface area is 99.2 Å². The van der Waals surface area contributed by atoms with E-state index >= 15 is 0 Å². The van der Waals surface area contributed by atoms with Gasteiger partial charge in [0.2, 0.25) is 5.91 Å². The molecule has 0 heterocycles. The summed E-state index contributed by atoms with van der Waals surface area (Å²) >= 11 is 0. The van der Waals surface area contributed by atoms with Crippen molar-refractivity contribution in [1.82, 2.24) is 0 Å². The first-order valence-corrected chi connectivity index (χ1v) is 5.21. The van der Waals surface area contributed by atoms with Crippen LogP contribution in [-0.2, 0) is 4.79 Å². The molecule has 0 fully saturated rings. The topological polar surface area (TPSA) is 78.9 Å². The van der Waals surface area contributed by atoms with E-state index in [1.165, 1.54) is 12.1 Å². The SMILES string of the molecule is CC(C)[C@H](Nc1cccc(F)c1C#N)C(N)=O. The summed E-state index contributed by atoms with van der Waals surface area (Å²) in [5, 5.41) is 11.6. The molecule has 0 aliphatic heterocycles. The highest BCUT2D eigenvalue weighted by molar-refractivity contribution is 5.83. The Morgan fingerprint density at radius 2 is 2.18 bits per heavy atom. The summed E-state index contributed by atoms with van der Waals surface area (Å²) in [6.07, 6.45) is 0. The summed E-state index contributed by atoms with van der Waals surface area (Å²) in [7, 11) is 0. The van der Waals surface area contributed by atoms with Gasteiger partial charge in [-0.15, -0.1) is 0 Å². The number of carbonyl (C=O) groups excluding carboxylic acids is 1. The Morgan fingerprint density at radius 3 is 2.65 bits per heavy atom.